The van der Waals surface area contributed by atoms with E-state index < -0.39 is 10.0 Å². The van der Waals surface area contributed by atoms with Crippen molar-refractivity contribution in [2.24, 2.45) is 0 Å². The molecule has 1 fully saturated rings. The van der Waals surface area contributed by atoms with Crippen molar-refractivity contribution in [1.29, 1.82) is 0 Å². The highest BCUT2D eigenvalue weighted by Crippen LogP contribution is 2.26. The van der Waals surface area contributed by atoms with Crippen LogP contribution < -0.4 is 10.0 Å². The predicted octanol–water partition coefficient (Wildman–Crippen LogP) is 2.03. The number of sulfonamides is 1. The second-order valence-corrected chi connectivity index (χ2v) is 8.85. The van der Waals surface area contributed by atoms with Crippen LogP contribution in [0.15, 0.2) is 15.7 Å². The Balaban J connectivity index is 1.92. The second-order valence-electron chi connectivity index (χ2n) is 4.54. The molecular weight excluding hydrogens is 300 g/mol. The molecule has 108 valence electrons. The maximum atomic E-state index is 12.1. The quantitative estimate of drug-likeness (QED) is 0.807. The van der Waals surface area contributed by atoms with Crippen molar-refractivity contribution in [3.8, 4) is 0 Å². The van der Waals surface area contributed by atoms with Crippen LogP contribution in [0.4, 0.5) is 0 Å². The van der Waals surface area contributed by atoms with Gasteiger partial charge in [-0.3, -0.25) is 0 Å². The Morgan fingerprint density at radius 2 is 2.32 bits per heavy atom. The number of nitrogens with one attached hydrogen (secondary N) is 2. The first-order chi connectivity index (χ1) is 9.12. The van der Waals surface area contributed by atoms with Crippen molar-refractivity contribution < 1.29 is 8.42 Å². The summed E-state index contributed by atoms with van der Waals surface area (Å²) < 4.78 is 27.4. The lowest BCUT2D eigenvalue weighted by Gasteiger charge is -2.09. The van der Waals surface area contributed by atoms with Gasteiger partial charge in [0.25, 0.3) is 0 Å². The standard InChI is InChI=1S/C12H20N2O2S3/c1-2-13-7-10-6-12(18-9-10)19(15,16)14-8-11-4-3-5-17-11/h6,9,11,13-14H,2-5,7-8H2,1H3. The zero-order valence-electron chi connectivity index (χ0n) is 11.0. The Labute approximate surface area is 123 Å². The van der Waals surface area contributed by atoms with Gasteiger partial charge in [0.05, 0.1) is 0 Å². The predicted molar refractivity (Wildman–Crippen MR) is 82.4 cm³/mol. The van der Waals surface area contributed by atoms with Gasteiger partial charge in [0, 0.05) is 18.3 Å². The Kier molecular flexibility index (Phi) is 5.70. The number of hydrogen-bond acceptors (Lipinski definition) is 5. The second kappa shape index (κ2) is 7.08. The maximum absolute atomic E-state index is 12.1. The van der Waals surface area contributed by atoms with E-state index in [0.29, 0.717) is 16.0 Å². The molecule has 1 aromatic rings. The van der Waals surface area contributed by atoms with Gasteiger partial charge in [0.2, 0.25) is 10.0 Å². The molecule has 0 aliphatic carbocycles. The zero-order chi connectivity index (χ0) is 13.7. The fourth-order valence-electron chi connectivity index (χ4n) is 1.94. The van der Waals surface area contributed by atoms with E-state index in [2.05, 4.69) is 10.0 Å². The molecule has 1 unspecified atom stereocenters. The van der Waals surface area contributed by atoms with E-state index in [4.69, 9.17) is 0 Å². The third-order valence-electron chi connectivity index (χ3n) is 3.00. The van der Waals surface area contributed by atoms with E-state index in [1.165, 1.54) is 17.8 Å². The summed E-state index contributed by atoms with van der Waals surface area (Å²) in [5.74, 6) is 1.15. The molecule has 1 saturated heterocycles. The first-order valence-electron chi connectivity index (χ1n) is 6.51. The summed E-state index contributed by atoms with van der Waals surface area (Å²) in [5, 5.41) is 5.54. The first kappa shape index (κ1) is 15.3. The van der Waals surface area contributed by atoms with Gasteiger partial charge in [0.1, 0.15) is 4.21 Å². The maximum Gasteiger partial charge on any atom is 0.250 e. The van der Waals surface area contributed by atoms with Crippen molar-refractivity contribution in [1.82, 2.24) is 10.0 Å². The average Bonchev–Trinajstić information content (AvgIpc) is 3.05. The van der Waals surface area contributed by atoms with E-state index in [1.54, 1.807) is 6.07 Å². The molecule has 1 aliphatic heterocycles. The van der Waals surface area contributed by atoms with Crippen molar-refractivity contribution in [3.05, 3.63) is 17.0 Å². The summed E-state index contributed by atoms with van der Waals surface area (Å²) in [6.45, 7) is 4.19. The monoisotopic (exact) mass is 320 g/mol. The van der Waals surface area contributed by atoms with Crippen LogP contribution in [0.2, 0.25) is 0 Å². The lowest BCUT2D eigenvalue weighted by molar-refractivity contribution is 0.581. The number of hydrogen-bond donors (Lipinski definition) is 2. The van der Waals surface area contributed by atoms with Gasteiger partial charge in [-0.05, 0) is 42.1 Å². The van der Waals surface area contributed by atoms with E-state index >= 15 is 0 Å². The first-order valence-corrected chi connectivity index (χ1v) is 9.92. The van der Waals surface area contributed by atoms with Crippen LogP contribution in [0.25, 0.3) is 0 Å². The Bertz CT molecular complexity index is 493. The normalized spacial score (nSPS) is 19.9. The molecule has 0 radical (unpaired) electrons. The minimum atomic E-state index is -3.32. The summed E-state index contributed by atoms with van der Waals surface area (Å²) >= 11 is 3.15. The fourth-order valence-corrected chi connectivity index (χ4v) is 5.58. The molecule has 19 heavy (non-hydrogen) atoms. The van der Waals surface area contributed by atoms with Crippen LogP contribution in [-0.2, 0) is 16.6 Å². The van der Waals surface area contributed by atoms with Gasteiger partial charge in [-0.15, -0.1) is 11.3 Å². The molecule has 1 atom stereocenters. The third-order valence-corrected chi connectivity index (χ3v) is 7.31. The van der Waals surface area contributed by atoms with Crippen molar-refractivity contribution in [2.75, 3.05) is 18.8 Å². The largest absolute Gasteiger partial charge is 0.313 e. The highest BCUT2D eigenvalue weighted by Gasteiger charge is 2.21. The van der Waals surface area contributed by atoms with Crippen molar-refractivity contribution in [3.63, 3.8) is 0 Å². The fraction of sp³-hybridized carbons (Fsp3) is 0.667. The molecule has 2 N–H and O–H groups in total. The molecule has 7 heteroatoms. The highest BCUT2D eigenvalue weighted by atomic mass is 32.2. The smallest absolute Gasteiger partial charge is 0.250 e. The van der Waals surface area contributed by atoms with Gasteiger partial charge in [0.15, 0.2) is 0 Å². The molecule has 2 rings (SSSR count). The molecule has 0 bridgehead atoms. The number of thioether (sulfide) groups is 1. The molecule has 0 saturated carbocycles. The highest BCUT2D eigenvalue weighted by molar-refractivity contribution is 8.00. The minimum absolute atomic E-state index is 0.420. The average molecular weight is 321 g/mol. The van der Waals surface area contributed by atoms with Gasteiger partial charge in [-0.1, -0.05) is 6.92 Å². The van der Waals surface area contributed by atoms with Gasteiger partial charge in [-0.25, -0.2) is 13.1 Å². The number of rotatable bonds is 7. The summed E-state index contributed by atoms with van der Waals surface area (Å²) in [6, 6.07) is 1.76. The van der Waals surface area contributed by atoms with Crippen LogP contribution in [0.5, 0.6) is 0 Å². The van der Waals surface area contributed by atoms with Crippen LogP contribution in [0, 0.1) is 0 Å². The van der Waals surface area contributed by atoms with Gasteiger partial charge < -0.3 is 5.32 Å². The topological polar surface area (TPSA) is 58.2 Å². The van der Waals surface area contributed by atoms with Crippen molar-refractivity contribution in [2.45, 2.75) is 35.8 Å². The molecule has 1 aromatic heterocycles. The number of thiophene rings is 1. The van der Waals surface area contributed by atoms with Crippen LogP contribution in [-0.4, -0.2) is 32.5 Å². The molecule has 0 amide bonds. The Morgan fingerprint density at radius 1 is 1.47 bits per heavy atom. The zero-order valence-corrected chi connectivity index (χ0v) is 13.5. The molecule has 0 aromatic carbocycles. The van der Waals surface area contributed by atoms with E-state index in [1.807, 2.05) is 24.1 Å². The minimum Gasteiger partial charge on any atom is -0.313 e. The van der Waals surface area contributed by atoms with Crippen molar-refractivity contribution >= 4 is 33.1 Å². The van der Waals surface area contributed by atoms with Crippen LogP contribution in [0.1, 0.15) is 25.3 Å². The summed E-state index contributed by atoms with van der Waals surface area (Å²) in [6.07, 6.45) is 2.31. The Hall–Kier alpha value is -0.0800. The van der Waals surface area contributed by atoms with E-state index in [-0.39, 0.29) is 0 Å². The molecule has 1 aliphatic rings. The lowest BCUT2D eigenvalue weighted by atomic mass is 10.2. The van der Waals surface area contributed by atoms with Crippen LogP contribution in [0.3, 0.4) is 0 Å². The van der Waals surface area contributed by atoms with E-state index in [0.717, 1.165) is 30.8 Å². The Morgan fingerprint density at radius 3 is 3.00 bits per heavy atom. The summed E-state index contributed by atoms with van der Waals surface area (Å²) in [7, 11) is -3.32. The third kappa shape index (κ3) is 4.46. The summed E-state index contributed by atoms with van der Waals surface area (Å²) in [5.41, 5.74) is 1.03. The SMILES string of the molecule is CCNCc1csc(S(=O)(=O)NCC2CCCS2)c1. The molecule has 0 spiro atoms. The molecule has 2 heterocycles. The van der Waals surface area contributed by atoms with Gasteiger partial charge >= 0.3 is 0 Å². The van der Waals surface area contributed by atoms with Crippen LogP contribution >= 0.6 is 23.1 Å². The van der Waals surface area contributed by atoms with E-state index in [9.17, 15) is 8.42 Å². The lowest BCUT2D eigenvalue weighted by Crippen LogP contribution is -2.29. The molecule has 4 nitrogen and oxygen atoms in total. The molecular formula is C12H20N2O2S3. The summed E-state index contributed by atoms with van der Waals surface area (Å²) in [4.78, 5) is 0. The van der Waals surface area contributed by atoms with Gasteiger partial charge in [-0.2, -0.15) is 11.8 Å².